The van der Waals surface area contributed by atoms with E-state index in [0.29, 0.717) is 11.0 Å². The van der Waals surface area contributed by atoms with Gasteiger partial charge < -0.3 is 5.32 Å². The van der Waals surface area contributed by atoms with E-state index in [1.54, 1.807) is 12.4 Å². The van der Waals surface area contributed by atoms with Crippen molar-refractivity contribution in [3.63, 3.8) is 0 Å². The second-order valence-corrected chi connectivity index (χ2v) is 6.07. The summed E-state index contributed by atoms with van der Waals surface area (Å²) < 4.78 is 1.87. The number of rotatable bonds is 5. The highest BCUT2D eigenvalue weighted by Crippen LogP contribution is 2.27. The molecule has 0 aliphatic heterocycles. The van der Waals surface area contributed by atoms with Crippen LogP contribution in [0.15, 0.2) is 60.0 Å². The monoisotopic (exact) mass is 368 g/mol. The molecule has 0 aliphatic carbocycles. The van der Waals surface area contributed by atoms with E-state index in [2.05, 4.69) is 25.8 Å². The van der Waals surface area contributed by atoms with E-state index in [-0.39, 0.29) is 5.75 Å². The summed E-state index contributed by atoms with van der Waals surface area (Å²) in [6.45, 7) is 0. The Morgan fingerprint density at radius 2 is 1.81 bits per heavy atom. The van der Waals surface area contributed by atoms with Gasteiger partial charge in [-0.05, 0) is 24.3 Å². The third-order valence-corrected chi connectivity index (χ3v) is 4.33. The minimum atomic E-state index is -0.544. The molecule has 8 nitrogen and oxygen atoms in total. The number of hydrogen-bond donors (Lipinski definition) is 2. The van der Waals surface area contributed by atoms with Crippen molar-refractivity contribution < 1.29 is 9.59 Å². The fourth-order valence-electron chi connectivity index (χ4n) is 2.22. The number of urea groups is 1. The van der Waals surface area contributed by atoms with Crippen molar-refractivity contribution in [3.05, 3.63) is 54.9 Å². The highest BCUT2D eigenvalue weighted by Gasteiger charge is 2.17. The van der Waals surface area contributed by atoms with Crippen molar-refractivity contribution in [1.29, 1.82) is 0 Å². The molecule has 0 aliphatic rings. The van der Waals surface area contributed by atoms with Crippen LogP contribution in [0.5, 0.6) is 0 Å². The third-order valence-electron chi connectivity index (χ3n) is 3.40. The molecule has 0 radical (unpaired) electrons. The number of aromatic nitrogens is 4. The fourth-order valence-corrected chi connectivity index (χ4v) is 2.97. The van der Waals surface area contributed by atoms with Gasteiger partial charge in [-0.3, -0.25) is 19.7 Å². The topological polar surface area (TPSA) is 102 Å². The van der Waals surface area contributed by atoms with E-state index >= 15 is 0 Å². The minimum absolute atomic E-state index is 0.0364. The van der Waals surface area contributed by atoms with Crippen LogP contribution < -0.4 is 10.6 Å². The van der Waals surface area contributed by atoms with Crippen molar-refractivity contribution in [1.82, 2.24) is 30.4 Å². The first-order chi connectivity index (χ1) is 12.7. The van der Waals surface area contributed by atoms with Crippen LogP contribution in [0.25, 0.3) is 17.1 Å². The van der Waals surface area contributed by atoms with E-state index < -0.39 is 11.9 Å². The molecule has 0 atom stereocenters. The van der Waals surface area contributed by atoms with Crippen molar-refractivity contribution in [2.45, 2.75) is 5.16 Å². The molecule has 3 amide bonds. The Labute approximate surface area is 154 Å². The largest absolute Gasteiger partial charge is 0.341 e. The number of pyridine rings is 1. The maximum Gasteiger partial charge on any atom is 0.321 e. The van der Waals surface area contributed by atoms with Gasteiger partial charge in [0.25, 0.3) is 0 Å². The Morgan fingerprint density at radius 1 is 1.08 bits per heavy atom. The first kappa shape index (κ1) is 17.6. The molecule has 1 aromatic carbocycles. The van der Waals surface area contributed by atoms with Crippen LogP contribution in [0, 0.1) is 0 Å². The SMILES string of the molecule is CNC(=O)NC(=O)CSc1nnc(-c2ccncc2)n1-c1ccccc1. The lowest BCUT2D eigenvalue weighted by atomic mass is 10.2. The summed E-state index contributed by atoms with van der Waals surface area (Å²) >= 11 is 1.20. The molecule has 2 heterocycles. The number of thioether (sulfide) groups is 1. The van der Waals surface area contributed by atoms with Gasteiger partial charge in [0.1, 0.15) is 0 Å². The number of nitrogens with zero attached hydrogens (tertiary/aromatic N) is 4. The number of amides is 3. The van der Waals surface area contributed by atoms with Crippen molar-refractivity contribution in [3.8, 4) is 17.1 Å². The van der Waals surface area contributed by atoms with Gasteiger partial charge in [0.05, 0.1) is 5.75 Å². The number of imide groups is 1. The predicted octanol–water partition coefficient (Wildman–Crippen LogP) is 1.88. The van der Waals surface area contributed by atoms with Crippen LogP contribution in [-0.4, -0.2) is 44.5 Å². The molecule has 3 aromatic rings. The normalized spacial score (nSPS) is 10.3. The van der Waals surface area contributed by atoms with Gasteiger partial charge in [0.2, 0.25) is 5.91 Å². The summed E-state index contributed by atoms with van der Waals surface area (Å²) in [5.74, 6) is 0.268. The number of carbonyl (C=O) groups excluding carboxylic acids is 2. The summed E-state index contributed by atoms with van der Waals surface area (Å²) in [7, 11) is 1.45. The number of nitrogens with one attached hydrogen (secondary N) is 2. The Kier molecular flexibility index (Phi) is 5.59. The maximum absolute atomic E-state index is 11.9. The molecule has 2 N–H and O–H groups in total. The van der Waals surface area contributed by atoms with E-state index in [1.807, 2.05) is 47.0 Å². The number of hydrogen-bond acceptors (Lipinski definition) is 6. The summed E-state index contributed by atoms with van der Waals surface area (Å²) in [6, 6.07) is 12.8. The van der Waals surface area contributed by atoms with Gasteiger partial charge in [-0.25, -0.2) is 4.79 Å². The van der Waals surface area contributed by atoms with Gasteiger partial charge in [0, 0.05) is 30.7 Å². The van der Waals surface area contributed by atoms with Gasteiger partial charge in [-0.15, -0.1) is 10.2 Å². The second kappa shape index (κ2) is 8.26. The smallest absolute Gasteiger partial charge is 0.321 e. The third kappa shape index (κ3) is 4.06. The minimum Gasteiger partial charge on any atom is -0.341 e. The van der Waals surface area contributed by atoms with Crippen LogP contribution in [0.1, 0.15) is 0 Å². The van der Waals surface area contributed by atoms with E-state index in [4.69, 9.17) is 0 Å². The molecule has 9 heteroatoms. The van der Waals surface area contributed by atoms with Crippen LogP contribution in [0.4, 0.5) is 4.79 Å². The average Bonchev–Trinajstić information content (AvgIpc) is 3.11. The lowest BCUT2D eigenvalue weighted by Crippen LogP contribution is -2.38. The quantitative estimate of drug-likeness (QED) is 0.667. The number of benzene rings is 1. The zero-order chi connectivity index (χ0) is 18.4. The van der Waals surface area contributed by atoms with E-state index in [0.717, 1.165) is 11.3 Å². The molecule has 2 aromatic heterocycles. The summed E-state index contributed by atoms with van der Waals surface area (Å²) in [5.41, 5.74) is 1.73. The molecule has 26 heavy (non-hydrogen) atoms. The summed E-state index contributed by atoms with van der Waals surface area (Å²) in [6.07, 6.45) is 3.37. The highest BCUT2D eigenvalue weighted by molar-refractivity contribution is 7.99. The Bertz CT molecular complexity index is 898. The highest BCUT2D eigenvalue weighted by atomic mass is 32.2. The zero-order valence-corrected chi connectivity index (χ0v) is 14.7. The van der Waals surface area contributed by atoms with Gasteiger partial charge in [-0.2, -0.15) is 0 Å². The molecular formula is C17H16N6O2S. The van der Waals surface area contributed by atoms with Gasteiger partial charge >= 0.3 is 6.03 Å². The van der Waals surface area contributed by atoms with Gasteiger partial charge in [0.15, 0.2) is 11.0 Å². The van der Waals surface area contributed by atoms with Gasteiger partial charge in [-0.1, -0.05) is 30.0 Å². The number of para-hydroxylation sites is 1. The van der Waals surface area contributed by atoms with Crippen molar-refractivity contribution in [2.75, 3.05) is 12.8 Å². The maximum atomic E-state index is 11.9. The molecule has 3 rings (SSSR count). The van der Waals surface area contributed by atoms with Crippen LogP contribution in [0.3, 0.4) is 0 Å². The molecule has 0 saturated carbocycles. The Balaban J connectivity index is 1.90. The van der Waals surface area contributed by atoms with Crippen LogP contribution >= 0.6 is 11.8 Å². The molecule has 0 saturated heterocycles. The molecule has 0 spiro atoms. The van der Waals surface area contributed by atoms with Crippen LogP contribution in [-0.2, 0) is 4.79 Å². The second-order valence-electron chi connectivity index (χ2n) is 5.13. The Hall–Kier alpha value is -3.20. The Morgan fingerprint density at radius 3 is 2.50 bits per heavy atom. The predicted molar refractivity (Wildman–Crippen MR) is 97.9 cm³/mol. The van der Waals surface area contributed by atoms with Crippen LogP contribution in [0.2, 0.25) is 0 Å². The average molecular weight is 368 g/mol. The number of carbonyl (C=O) groups is 2. The summed E-state index contributed by atoms with van der Waals surface area (Å²) in [5, 5.41) is 13.6. The molecule has 132 valence electrons. The summed E-state index contributed by atoms with van der Waals surface area (Å²) in [4.78, 5) is 27.1. The standard InChI is InChI=1S/C17H16N6O2S/c1-18-16(25)20-14(24)11-26-17-22-21-15(12-7-9-19-10-8-12)23(17)13-5-3-2-4-6-13/h2-10H,11H2,1H3,(H2,18,20,24,25). The molecule has 0 bridgehead atoms. The van der Waals surface area contributed by atoms with E-state index in [9.17, 15) is 9.59 Å². The van der Waals surface area contributed by atoms with Crippen molar-refractivity contribution >= 4 is 23.7 Å². The lowest BCUT2D eigenvalue weighted by Gasteiger charge is -2.10. The van der Waals surface area contributed by atoms with E-state index in [1.165, 1.54) is 18.8 Å². The molecular weight excluding hydrogens is 352 g/mol. The molecule has 0 fully saturated rings. The first-order valence-electron chi connectivity index (χ1n) is 7.74. The first-order valence-corrected chi connectivity index (χ1v) is 8.73. The van der Waals surface area contributed by atoms with Crippen molar-refractivity contribution in [2.24, 2.45) is 0 Å². The lowest BCUT2D eigenvalue weighted by molar-refractivity contribution is -0.117. The molecule has 0 unspecified atom stereocenters. The zero-order valence-electron chi connectivity index (χ0n) is 13.9. The fraction of sp³-hybridized carbons (Fsp3) is 0.118.